The van der Waals surface area contributed by atoms with Crippen LogP contribution in [0.25, 0.3) is 0 Å². The number of rotatable bonds is 6. The van der Waals surface area contributed by atoms with Crippen LogP contribution >= 0.6 is 0 Å². The highest BCUT2D eigenvalue weighted by Crippen LogP contribution is 2.24. The van der Waals surface area contributed by atoms with Crippen molar-refractivity contribution in [3.8, 4) is 0 Å². The molecule has 1 aromatic carbocycles. The van der Waals surface area contributed by atoms with Gasteiger partial charge in [-0.1, -0.05) is 19.9 Å². The van der Waals surface area contributed by atoms with Crippen LogP contribution in [0.5, 0.6) is 0 Å². The molecule has 0 aliphatic heterocycles. The van der Waals surface area contributed by atoms with E-state index >= 15 is 0 Å². The molecule has 6 nitrogen and oxygen atoms in total. The zero-order valence-corrected chi connectivity index (χ0v) is 16.0. The monoisotopic (exact) mass is 364 g/mol. The molecule has 0 aliphatic carbocycles. The summed E-state index contributed by atoms with van der Waals surface area (Å²) in [5.74, 6) is 0.853. The molecule has 25 heavy (non-hydrogen) atoms. The van der Waals surface area contributed by atoms with E-state index in [1.54, 1.807) is 45.9 Å². The number of furan rings is 1. The van der Waals surface area contributed by atoms with Gasteiger partial charge in [-0.2, -0.15) is 4.31 Å². The van der Waals surface area contributed by atoms with Crippen LogP contribution in [0.3, 0.4) is 0 Å². The second kappa shape index (κ2) is 7.41. The van der Waals surface area contributed by atoms with Gasteiger partial charge in [-0.25, -0.2) is 8.42 Å². The Kier molecular flexibility index (Phi) is 5.69. The van der Waals surface area contributed by atoms with E-state index in [1.165, 1.54) is 10.4 Å². The summed E-state index contributed by atoms with van der Waals surface area (Å²) in [6.07, 6.45) is 0. The highest BCUT2D eigenvalue weighted by atomic mass is 32.2. The fourth-order valence-electron chi connectivity index (χ4n) is 2.65. The largest absolute Gasteiger partial charge is 0.466 e. The van der Waals surface area contributed by atoms with Crippen molar-refractivity contribution in [2.75, 3.05) is 18.4 Å². The number of benzene rings is 1. The molecule has 1 heterocycles. The molecule has 0 spiro atoms. The van der Waals surface area contributed by atoms with Gasteiger partial charge >= 0.3 is 0 Å². The van der Waals surface area contributed by atoms with Crippen LogP contribution in [0.1, 0.15) is 41.3 Å². The number of carbonyl (C=O) groups is 1. The fraction of sp³-hybridized carbons (Fsp3) is 0.389. The summed E-state index contributed by atoms with van der Waals surface area (Å²) in [6.45, 7) is 9.67. The Morgan fingerprint density at radius 2 is 1.76 bits per heavy atom. The molecule has 0 saturated carbocycles. The molecule has 0 atom stereocenters. The zero-order chi connectivity index (χ0) is 18.8. The zero-order valence-electron chi connectivity index (χ0n) is 15.2. The first kappa shape index (κ1) is 19.2. The van der Waals surface area contributed by atoms with Crippen molar-refractivity contribution < 1.29 is 17.6 Å². The molecular weight excluding hydrogens is 340 g/mol. The molecule has 1 amide bonds. The number of carbonyl (C=O) groups excluding carboxylic acids is 1. The third-order valence-electron chi connectivity index (χ3n) is 4.09. The third-order valence-corrected chi connectivity index (χ3v) is 6.13. The summed E-state index contributed by atoms with van der Waals surface area (Å²) in [7, 11) is -3.58. The Hall–Kier alpha value is -2.12. The minimum atomic E-state index is -3.58. The van der Waals surface area contributed by atoms with E-state index in [9.17, 15) is 13.2 Å². The quantitative estimate of drug-likeness (QED) is 0.851. The Morgan fingerprint density at radius 3 is 2.28 bits per heavy atom. The summed E-state index contributed by atoms with van der Waals surface area (Å²) in [5, 5.41) is 2.79. The number of sulfonamides is 1. The SMILES string of the molecule is CCN(CC)S(=O)(=O)c1ccc(C)c(NC(=O)c2cc(C)oc2C)c1. The molecule has 0 aliphatic rings. The molecule has 2 aromatic rings. The van der Waals surface area contributed by atoms with Gasteiger partial charge in [0, 0.05) is 18.8 Å². The normalized spacial score (nSPS) is 11.8. The molecule has 0 unspecified atom stereocenters. The van der Waals surface area contributed by atoms with Gasteiger partial charge in [-0.3, -0.25) is 4.79 Å². The summed E-state index contributed by atoms with van der Waals surface area (Å²) < 4.78 is 32.1. The van der Waals surface area contributed by atoms with E-state index in [0.717, 1.165) is 5.56 Å². The summed E-state index contributed by atoms with van der Waals surface area (Å²) >= 11 is 0. The van der Waals surface area contributed by atoms with Crippen LogP contribution in [-0.4, -0.2) is 31.7 Å². The number of hydrogen-bond acceptors (Lipinski definition) is 4. The van der Waals surface area contributed by atoms with Crippen LogP contribution in [0.2, 0.25) is 0 Å². The summed E-state index contributed by atoms with van der Waals surface area (Å²) in [6, 6.07) is 6.42. The Bertz CT molecular complexity index is 880. The first-order chi connectivity index (χ1) is 11.7. The van der Waals surface area contributed by atoms with E-state index in [-0.39, 0.29) is 10.8 Å². The number of hydrogen-bond donors (Lipinski definition) is 1. The lowest BCUT2D eigenvalue weighted by Gasteiger charge is -2.19. The lowest BCUT2D eigenvalue weighted by molar-refractivity contribution is 0.102. The van der Waals surface area contributed by atoms with Crippen molar-refractivity contribution in [1.82, 2.24) is 4.31 Å². The van der Waals surface area contributed by atoms with Gasteiger partial charge in [0.2, 0.25) is 10.0 Å². The van der Waals surface area contributed by atoms with Crippen LogP contribution in [-0.2, 0) is 10.0 Å². The average molecular weight is 364 g/mol. The molecule has 0 radical (unpaired) electrons. The van der Waals surface area contributed by atoms with E-state index in [1.807, 2.05) is 6.92 Å². The average Bonchev–Trinajstić information content (AvgIpc) is 2.88. The maximum Gasteiger partial charge on any atom is 0.259 e. The lowest BCUT2D eigenvalue weighted by Crippen LogP contribution is -2.30. The maximum atomic E-state index is 12.7. The van der Waals surface area contributed by atoms with Gasteiger partial charge in [0.1, 0.15) is 11.5 Å². The Balaban J connectivity index is 2.37. The van der Waals surface area contributed by atoms with Crippen LogP contribution in [0.4, 0.5) is 5.69 Å². The van der Waals surface area contributed by atoms with Gasteiger partial charge in [-0.15, -0.1) is 0 Å². The predicted molar refractivity (Wildman–Crippen MR) is 97.4 cm³/mol. The number of nitrogens with one attached hydrogen (secondary N) is 1. The topological polar surface area (TPSA) is 79.6 Å². The molecule has 0 fully saturated rings. The Labute approximate surface area is 148 Å². The second-order valence-corrected chi connectivity index (χ2v) is 7.79. The molecule has 136 valence electrons. The summed E-state index contributed by atoms with van der Waals surface area (Å²) in [5.41, 5.74) is 1.69. The maximum absolute atomic E-state index is 12.7. The fourth-order valence-corrected chi connectivity index (χ4v) is 4.14. The van der Waals surface area contributed by atoms with Crippen molar-refractivity contribution in [2.45, 2.75) is 39.5 Å². The third kappa shape index (κ3) is 3.93. The van der Waals surface area contributed by atoms with Gasteiger partial charge < -0.3 is 9.73 Å². The van der Waals surface area contributed by atoms with Crippen LogP contribution in [0, 0.1) is 20.8 Å². The number of nitrogens with zero attached hydrogens (tertiary/aromatic N) is 1. The second-order valence-electron chi connectivity index (χ2n) is 5.85. The van der Waals surface area contributed by atoms with E-state index < -0.39 is 10.0 Å². The van der Waals surface area contributed by atoms with Crippen molar-refractivity contribution in [3.05, 3.63) is 46.9 Å². The minimum Gasteiger partial charge on any atom is -0.466 e. The first-order valence-corrected chi connectivity index (χ1v) is 9.63. The van der Waals surface area contributed by atoms with Gasteiger partial charge in [0.05, 0.1) is 10.5 Å². The molecule has 1 aromatic heterocycles. The predicted octanol–water partition coefficient (Wildman–Crippen LogP) is 3.49. The molecule has 0 bridgehead atoms. The van der Waals surface area contributed by atoms with E-state index in [2.05, 4.69) is 5.32 Å². The van der Waals surface area contributed by atoms with Crippen molar-refractivity contribution >= 4 is 21.6 Å². The van der Waals surface area contributed by atoms with Crippen LogP contribution < -0.4 is 5.32 Å². The smallest absolute Gasteiger partial charge is 0.259 e. The number of aryl methyl sites for hydroxylation is 3. The molecule has 7 heteroatoms. The number of amides is 1. The highest BCUT2D eigenvalue weighted by Gasteiger charge is 2.23. The minimum absolute atomic E-state index is 0.164. The van der Waals surface area contributed by atoms with Crippen molar-refractivity contribution in [1.29, 1.82) is 0 Å². The molecular formula is C18H24N2O4S. The number of anilines is 1. The molecule has 2 rings (SSSR count). The first-order valence-electron chi connectivity index (χ1n) is 8.19. The van der Waals surface area contributed by atoms with E-state index in [4.69, 9.17) is 4.42 Å². The van der Waals surface area contributed by atoms with E-state index in [0.29, 0.717) is 35.9 Å². The van der Waals surface area contributed by atoms with Crippen molar-refractivity contribution in [3.63, 3.8) is 0 Å². The van der Waals surface area contributed by atoms with Gasteiger partial charge in [-0.05, 0) is 44.5 Å². The van der Waals surface area contributed by atoms with Gasteiger partial charge in [0.15, 0.2) is 0 Å². The molecule has 0 saturated heterocycles. The van der Waals surface area contributed by atoms with Crippen LogP contribution in [0.15, 0.2) is 33.6 Å². The standard InChI is InChI=1S/C18H24N2O4S/c1-6-20(7-2)25(22,23)15-9-8-12(3)17(11-15)19-18(21)16-10-13(4)24-14(16)5/h8-11H,6-7H2,1-5H3,(H,19,21). The highest BCUT2D eigenvalue weighted by molar-refractivity contribution is 7.89. The lowest BCUT2D eigenvalue weighted by atomic mass is 10.2. The summed E-state index contributed by atoms with van der Waals surface area (Å²) in [4.78, 5) is 12.6. The van der Waals surface area contributed by atoms with Crippen molar-refractivity contribution in [2.24, 2.45) is 0 Å². The molecule has 1 N–H and O–H groups in total. The van der Waals surface area contributed by atoms with Gasteiger partial charge in [0.25, 0.3) is 5.91 Å². The Morgan fingerprint density at radius 1 is 1.12 bits per heavy atom.